The van der Waals surface area contributed by atoms with Gasteiger partial charge < -0.3 is 20.4 Å². The highest BCUT2D eigenvalue weighted by Crippen LogP contribution is 2.04. The summed E-state index contributed by atoms with van der Waals surface area (Å²) in [6, 6.07) is -0.699. The summed E-state index contributed by atoms with van der Waals surface area (Å²) in [6.45, 7) is 4.87. The van der Waals surface area contributed by atoms with Crippen molar-refractivity contribution in [3.8, 4) is 0 Å². The van der Waals surface area contributed by atoms with Crippen LogP contribution in [0.15, 0.2) is 0 Å². The highest BCUT2D eigenvalue weighted by Gasteiger charge is 2.17. The fourth-order valence-electron chi connectivity index (χ4n) is 0.797. The minimum Gasteiger partial charge on any atom is -0.480 e. The predicted octanol–water partition coefficient (Wildman–Crippen LogP) is 0.129. The van der Waals surface area contributed by atoms with Crippen molar-refractivity contribution in [3.63, 3.8) is 0 Å². The van der Waals surface area contributed by atoms with Gasteiger partial charge in [-0.3, -0.25) is 4.79 Å². The fraction of sp³-hybridized carbons (Fsp3) is 0.909. The number of carboxylic acid groups (broad SMARTS) is 1. The molecule has 0 aliphatic heterocycles. The van der Waals surface area contributed by atoms with E-state index in [4.69, 9.17) is 15.9 Å². The average molecular weight is 235 g/mol. The van der Waals surface area contributed by atoms with Crippen LogP contribution in [0.3, 0.4) is 0 Å². The lowest BCUT2D eigenvalue weighted by Crippen LogP contribution is -2.36. The summed E-state index contributed by atoms with van der Waals surface area (Å²) in [5, 5.41) is 16.7. The number of hydrogen-bond acceptors (Lipinski definition) is 3. The molecule has 0 aliphatic carbocycles. The topological polar surface area (TPSA) is 83.6 Å². The monoisotopic (exact) mass is 235 g/mol. The van der Waals surface area contributed by atoms with Crippen molar-refractivity contribution in [3.05, 3.63) is 0 Å². The van der Waals surface area contributed by atoms with E-state index in [9.17, 15) is 4.79 Å². The third kappa shape index (κ3) is 11.4. The molecule has 0 fully saturated rings. The van der Waals surface area contributed by atoms with Crippen LogP contribution in [0.5, 0.6) is 0 Å². The Balaban J connectivity index is 0. The van der Waals surface area contributed by atoms with Crippen molar-refractivity contribution >= 4 is 5.97 Å². The first-order chi connectivity index (χ1) is 7.15. The molecule has 0 saturated heterocycles. The summed E-state index contributed by atoms with van der Waals surface area (Å²) < 4.78 is 0.844. The molecule has 0 heterocycles. The smallest absolute Gasteiger partial charge is 0.320 e. The number of aliphatic hydroxyl groups is 1. The number of carbonyl (C=O) groups is 1. The molecule has 0 amide bonds. The normalized spacial score (nSPS) is 14.7. The van der Waals surface area contributed by atoms with Crippen LogP contribution in [-0.4, -0.2) is 61.0 Å². The molecule has 0 aromatic rings. The van der Waals surface area contributed by atoms with E-state index in [-0.39, 0.29) is 12.5 Å². The highest BCUT2D eigenvalue weighted by molar-refractivity contribution is 5.73. The fourth-order valence-corrected chi connectivity index (χ4v) is 0.797. The van der Waals surface area contributed by atoms with Gasteiger partial charge in [-0.1, -0.05) is 20.3 Å². The van der Waals surface area contributed by atoms with Crippen LogP contribution in [0, 0.1) is 5.92 Å². The molecule has 2 atom stereocenters. The molecule has 0 aromatic heterocycles. The molecular formula is C11H27N2O3+. The molecule has 0 rings (SSSR count). The lowest BCUT2D eigenvalue weighted by atomic mass is 10.0. The summed E-state index contributed by atoms with van der Waals surface area (Å²) in [6.07, 6.45) is 0.813. The lowest BCUT2D eigenvalue weighted by molar-refractivity contribution is -0.870. The molecule has 5 nitrogen and oxygen atoms in total. The summed E-state index contributed by atoms with van der Waals surface area (Å²) in [5.41, 5.74) is 5.27. The van der Waals surface area contributed by atoms with Crippen LogP contribution < -0.4 is 5.73 Å². The first-order valence-electron chi connectivity index (χ1n) is 5.55. The van der Waals surface area contributed by atoms with Gasteiger partial charge in [-0.2, -0.15) is 0 Å². The van der Waals surface area contributed by atoms with E-state index in [0.29, 0.717) is 0 Å². The minimum absolute atomic E-state index is 0.0718. The number of nitrogens with zero attached hydrogens (tertiary/aromatic N) is 1. The van der Waals surface area contributed by atoms with Crippen LogP contribution >= 0.6 is 0 Å². The van der Waals surface area contributed by atoms with E-state index < -0.39 is 12.0 Å². The molecule has 4 N–H and O–H groups in total. The molecule has 0 radical (unpaired) electrons. The van der Waals surface area contributed by atoms with Gasteiger partial charge in [0.25, 0.3) is 0 Å². The zero-order valence-electron chi connectivity index (χ0n) is 11.1. The number of hydrogen-bond donors (Lipinski definition) is 3. The van der Waals surface area contributed by atoms with Crippen molar-refractivity contribution in [1.29, 1.82) is 0 Å². The molecule has 0 aromatic carbocycles. The van der Waals surface area contributed by atoms with Gasteiger partial charge in [0.15, 0.2) is 0 Å². The van der Waals surface area contributed by atoms with Crippen molar-refractivity contribution in [2.24, 2.45) is 11.7 Å². The van der Waals surface area contributed by atoms with Crippen LogP contribution in [-0.2, 0) is 4.79 Å². The summed E-state index contributed by atoms with van der Waals surface area (Å²) in [7, 11) is 6.16. The van der Waals surface area contributed by atoms with Crippen LogP contribution in [0.2, 0.25) is 0 Å². The van der Waals surface area contributed by atoms with Gasteiger partial charge in [-0.15, -0.1) is 0 Å². The third-order valence-electron chi connectivity index (χ3n) is 2.31. The third-order valence-corrected chi connectivity index (χ3v) is 2.31. The summed E-state index contributed by atoms with van der Waals surface area (Å²) in [5.74, 6) is -0.841. The largest absolute Gasteiger partial charge is 0.480 e. The maximum atomic E-state index is 10.2. The summed E-state index contributed by atoms with van der Waals surface area (Å²) in [4.78, 5) is 10.2. The number of quaternary nitrogens is 1. The molecule has 16 heavy (non-hydrogen) atoms. The first kappa shape index (κ1) is 17.7. The van der Waals surface area contributed by atoms with Crippen LogP contribution in [0.1, 0.15) is 20.3 Å². The van der Waals surface area contributed by atoms with Gasteiger partial charge in [0.1, 0.15) is 12.6 Å². The number of aliphatic carboxylic acids is 1. The minimum atomic E-state index is -0.913. The van der Waals surface area contributed by atoms with Gasteiger partial charge in [-0.05, 0) is 5.92 Å². The molecule has 98 valence electrons. The Morgan fingerprint density at radius 1 is 1.38 bits per heavy atom. The second-order valence-electron chi connectivity index (χ2n) is 4.99. The second-order valence-corrected chi connectivity index (χ2v) is 4.99. The maximum absolute atomic E-state index is 10.2. The Bertz CT molecular complexity index is 190. The zero-order chi connectivity index (χ0) is 13.4. The van der Waals surface area contributed by atoms with Gasteiger partial charge in [0.2, 0.25) is 0 Å². The second kappa shape index (κ2) is 8.50. The van der Waals surface area contributed by atoms with Gasteiger partial charge in [-0.25, -0.2) is 0 Å². The van der Waals surface area contributed by atoms with Crippen LogP contribution in [0.4, 0.5) is 0 Å². The molecule has 0 spiro atoms. The predicted molar refractivity (Wildman–Crippen MR) is 65.1 cm³/mol. The van der Waals surface area contributed by atoms with Crippen LogP contribution in [0.25, 0.3) is 0 Å². The van der Waals surface area contributed by atoms with Gasteiger partial charge >= 0.3 is 5.97 Å². The average Bonchev–Trinajstić information content (AvgIpc) is 2.14. The molecule has 0 bridgehead atoms. The first-order valence-corrected chi connectivity index (χ1v) is 5.55. The van der Waals surface area contributed by atoms with Gasteiger partial charge in [0, 0.05) is 0 Å². The SMILES string of the molecule is CCC(C)C(N)C(=O)O.C[N+](C)(C)CCO. The standard InChI is InChI=1S/C6H13NO2.C5H14NO/c1-3-4(2)5(7)6(8)9;1-6(2,3)4-5-7/h4-5H,3,7H2,1-2H3,(H,8,9);7H,4-5H2,1-3H3/q;+1. The number of rotatable bonds is 5. The molecule has 0 saturated carbocycles. The highest BCUT2D eigenvalue weighted by atomic mass is 16.4. The van der Waals surface area contributed by atoms with Gasteiger partial charge in [0.05, 0.1) is 27.7 Å². The van der Waals surface area contributed by atoms with Crippen molar-refractivity contribution in [2.75, 3.05) is 34.3 Å². The Kier molecular flexibility index (Phi) is 9.42. The number of nitrogens with two attached hydrogens (primary N) is 1. The maximum Gasteiger partial charge on any atom is 0.320 e. The van der Waals surface area contributed by atoms with Crippen molar-refractivity contribution in [1.82, 2.24) is 0 Å². The van der Waals surface area contributed by atoms with E-state index in [1.54, 1.807) is 0 Å². The summed E-state index contributed by atoms with van der Waals surface area (Å²) >= 11 is 0. The van der Waals surface area contributed by atoms with E-state index in [1.807, 2.05) is 13.8 Å². The van der Waals surface area contributed by atoms with E-state index >= 15 is 0 Å². The quantitative estimate of drug-likeness (QED) is 0.591. The Morgan fingerprint density at radius 3 is 1.88 bits per heavy atom. The lowest BCUT2D eigenvalue weighted by Gasteiger charge is -2.21. The molecule has 0 aliphatic rings. The zero-order valence-corrected chi connectivity index (χ0v) is 11.1. The Hall–Kier alpha value is -0.650. The molecular weight excluding hydrogens is 208 g/mol. The van der Waals surface area contributed by atoms with E-state index in [1.165, 1.54) is 0 Å². The number of aliphatic hydroxyl groups excluding tert-OH is 1. The Labute approximate surface area is 98.5 Å². The molecule has 2 unspecified atom stereocenters. The Morgan fingerprint density at radius 2 is 1.81 bits per heavy atom. The number of likely N-dealkylation sites (N-methyl/N-ethyl adjacent to an activating group) is 1. The van der Waals surface area contributed by atoms with E-state index in [2.05, 4.69) is 21.1 Å². The van der Waals surface area contributed by atoms with Crippen molar-refractivity contribution < 1.29 is 19.5 Å². The van der Waals surface area contributed by atoms with Crippen molar-refractivity contribution in [2.45, 2.75) is 26.3 Å². The molecule has 5 heteroatoms. The van der Waals surface area contributed by atoms with E-state index in [0.717, 1.165) is 17.4 Å². The number of carboxylic acids is 1.